The Bertz CT molecular complexity index is 445. The van der Waals surface area contributed by atoms with E-state index in [1.807, 2.05) is 12.1 Å². The smallest absolute Gasteiger partial charge is 0.126 e. The van der Waals surface area contributed by atoms with Gasteiger partial charge in [0.2, 0.25) is 0 Å². The summed E-state index contributed by atoms with van der Waals surface area (Å²) in [7, 11) is 0. The molecule has 4 atom stereocenters. The van der Waals surface area contributed by atoms with Gasteiger partial charge in [-0.2, -0.15) is 0 Å². The lowest BCUT2D eigenvalue weighted by atomic mass is 9.66. The van der Waals surface area contributed by atoms with E-state index in [0.29, 0.717) is 4.83 Å². The second-order valence-corrected chi connectivity index (χ2v) is 7.87. The Hall–Kier alpha value is -0.370. The molecule has 2 fully saturated rings. The minimum absolute atomic E-state index is 0.0525. The lowest BCUT2D eigenvalue weighted by molar-refractivity contribution is 0.129. The summed E-state index contributed by atoms with van der Waals surface area (Å²) in [6.45, 7) is 0. The lowest BCUT2D eigenvalue weighted by Gasteiger charge is -2.41. The summed E-state index contributed by atoms with van der Waals surface area (Å²) in [5.41, 5.74) is 0.861. The summed E-state index contributed by atoms with van der Waals surface area (Å²) in [5.74, 6) is 2.62. The van der Waals surface area contributed by atoms with Gasteiger partial charge >= 0.3 is 0 Å². The van der Waals surface area contributed by atoms with E-state index in [-0.39, 0.29) is 5.82 Å². The van der Waals surface area contributed by atoms with Crippen LogP contribution in [-0.2, 0) is 6.42 Å². The fourth-order valence-corrected chi connectivity index (χ4v) is 5.11. The average molecular weight is 339 g/mol. The first-order valence-electron chi connectivity index (χ1n) is 8.11. The van der Waals surface area contributed by atoms with Crippen molar-refractivity contribution in [3.63, 3.8) is 0 Å². The molecule has 0 aliphatic heterocycles. The van der Waals surface area contributed by atoms with Crippen LogP contribution in [0, 0.1) is 23.6 Å². The highest BCUT2D eigenvalue weighted by molar-refractivity contribution is 9.09. The Morgan fingerprint density at radius 3 is 2.60 bits per heavy atom. The number of fused-ring (bicyclic) bond motifs is 1. The van der Waals surface area contributed by atoms with E-state index >= 15 is 0 Å². The van der Waals surface area contributed by atoms with Crippen LogP contribution in [0.2, 0.25) is 0 Å². The van der Waals surface area contributed by atoms with Crippen molar-refractivity contribution in [3.05, 3.63) is 35.6 Å². The van der Waals surface area contributed by atoms with Crippen molar-refractivity contribution in [1.29, 1.82) is 0 Å². The van der Waals surface area contributed by atoms with Gasteiger partial charge in [0.05, 0.1) is 0 Å². The van der Waals surface area contributed by atoms with Gasteiger partial charge in [-0.15, -0.1) is 0 Å². The van der Waals surface area contributed by atoms with Crippen molar-refractivity contribution < 1.29 is 4.39 Å². The van der Waals surface area contributed by atoms with Gasteiger partial charge in [-0.25, -0.2) is 4.39 Å². The molecule has 0 heterocycles. The highest BCUT2D eigenvalue weighted by Crippen LogP contribution is 2.45. The zero-order valence-electron chi connectivity index (χ0n) is 12.0. The molecule has 1 aromatic rings. The van der Waals surface area contributed by atoms with Crippen LogP contribution in [0.5, 0.6) is 0 Å². The summed E-state index contributed by atoms with van der Waals surface area (Å²) >= 11 is 3.86. The summed E-state index contributed by atoms with van der Waals surface area (Å²) in [4.78, 5) is 0.433. The molecule has 2 aliphatic carbocycles. The third-order valence-electron chi connectivity index (χ3n) is 5.46. The van der Waals surface area contributed by atoms with Gasteiger partial charge in [-0.3, -0.25) is 0 Å². The maximum Gasteiger partial charge on any atom is 0.126 e. The lowest BCUT2D eigenvalue weighted by Crippen LogP contribution is -2.32. The Kier molecular flexibility index (Phi) is 4.80. The fraction of sp³-hybridized carbons (Fsp3) is 0.667. The number of alkyl halides is 1. The third kappa shape index (κ3) is 3.27. The standard InChI is InChI=1S/C18H24BrF/c19-17(12-16-7-3-4-8-18(16)20)15-10-9-13-5-1-2-6-14(13)11-15/h3-4,7-8,13-15,17H,1-2,5-6,9-12H2. The van der Waals surface area contributed by atoms with Crippen molar-refractivity contribution in [1.82, 2.24) is 0 Å². The minimum atomic E-state index is -0.0525. The van der Waals surface area contributed by atoms with Crippen LogP contribution in [0.3, 0.4) is 0 Å². The molecule has 0 N–H and O–H groups in total. The van der Waals surface area contributed by atoms with E-state index in [4.69, 9.17) is 0 Å². The van der Waals surface area contributed by atoms with E-state index in [0.717, 1.165) is 29.7 Å². The van der Waals surface area contributed by atoms with Crippen LogP contribution in [0.4, 0.5) is 4.39 Å². The van der Waals surface area contributed by atoms with Gasteiger partial charge in [0.1, 0.15) is 5.82 Å². The molecule has 0 nitrogen and oxygen atoms in total. The predicted molar refractivity (Wildman–Crippen MR) is 85.6 cm³/mol. The molecule has 0 radical (unpaired) electrons. The molecule has 0 spiro atoms. The van der Waals surface area contributed by atoms with Crippen LogP contribution < -0.4 is 0 Å². The molecule has 2 heteroatoms. The van der Waals surface area contributed by atoms with Crippen molar-refractivity contribution in [2.45, 2.75) is 56.2 Å². The first-order chi connectivity index (χ1) is 9.74. The number of halogens is 2. The topological polar surface area (TPSA) is 0 Å². The SMILES string of the molecule is Fc1ccccc1CC(Br)C1CCC2CCCCC2C1. The van der Waals surface area contributed by atoms with Gasteiger partial charge < -0.3 is 0 Å². The zero-order chi connectivity index (χ0) is 13.9. The monoisotopic (exact) mass is 338 g/mol. The minimum Gasteiger partial charge on any atom is -0.207 e. The Morgan fingerprint density at radius 2 is 1.80 bits per heavy atom. The highest BCUT2D eigenvalue weighted by atomic mass is 79.9. The van der Waals surface area contributed by atoms with Crippen LogP contribution in [0.15, 0.2) is 24.3 Å². The Morgan fingerprint density at radius 1 is 1.05 bits per heavy atom. The molecule has 0 amide bonds. The van der Waals surface area contributed by atoms with Gasteiger partial charge in [-0.1, -0.05) is 59.8 Å². The van der Waals surface area contributed by atoms with E-state index in [2.05, 4.69) is 15.9 Å². The molecule has 0 saturated heterocycles. The molecular formula is C18H24BrF. The fourth-order valence-electron chi connectivity index (χ4n) is 4.28. The normalized spacial score (nSPS) is 31.6. The van der Waals surface area contributed by atoms with E-state index in [9.17, 15) is 4.39 Å². The van der Waals surface area contributed by atoms with Crippen molar-refractivity contribution in [3.8, 4) is 0 Å². The van der Waals surface area contributed by atoms with Gasteiger partial charge in [0, 0.05) is 4.83 Å². The highest BCUT2D eigenvalue weighted by Gasteiger charge is 2.34. The average Bonchev–Trinajstić information content (AvgIpc) is 2.49. The maximum absolute atomic E-state index is 13.8. The number of hydrogen-bond donors (Lipinski definition) is 0. The molecule has 4 unspecified atom stereocenters. The van der Waals surface area contributed by atoms with Crippen LogP contribution in [0.25, 0.3) is 0 Å². The van der Waals surface area contributed by atoms with Crippen LogP contribution in [0.1, 0.15) is 50.5 Å². The summed E-state index contributed by atoms with van der Waals surface area (Å²) in [6.07, 6.45) is 10.7. The van der Waals surface area contributed by atoms with Crippen molar-refractivity contribution in [2.24, 2.45) is 17.8 Å². The maximum atomic E-state index is 13.8. The van der Waals surface area contributed by atoms with E-state index < -0.39 is 0 Å². The van der Waals surface area contributed by atoms with Gasteiger partial charge in [-0.05, 0) is 55.1 Å². The predicted octanol–water partition coefficient (Wildman–Crippen LogP) is 5.74. The van der Waals surface area contributed by atoms with Crippen LogP contribution in [-0.4, -0.2) is 4.83 Å². The molecule has 2 saturated carbocycles. The van der Waals surface area contributed by atoms with Gasteiger partial charge in [0.25, 0.3) is 0 Å². The Labute approximate surface area is 130 Å². The second kappa shape index (κ2) is 6.60. The van der Waals surface area contributed by atoms with Gasteiger partial charge in [0.15, 0.2) is 0 Å². The third-order valence-corrected chi connectivity index (χ3v) is 6.54. The molecule has 0 aromatic heterocycles. The van der Waals surface area contributed by atoms with E-state index in [1.54, 1.807) is 12.1 Å². The Balaban J connectivity index is 1.60. The van der Waals surface area contributed by atoms with E-state index in [1.165, 1.54) is 44.9 Å². The zero-order valence-corrected chi connectivity index (χ0v) is 13.6. The molecule has 2 aliphatic rings. The largest absolute Gasteiger partial charge is 0.207 e. The van der Waals surface area contributed by atoms with Crippen molar-refractivity contribution in [2.75, 3.05) is 0 Å². The quantitative estimate of drug-likeness (QED) is 0.616. The number of benzene rings is 1. The second-order valence-electron chi connectivity index (χ2n) is 6.69. The molecule has 20 heavy (non-hydrogen) atoms. The van der Waals surface area contributed by atoms with Crippen molar-refractivity contribution >= 4 is 15.9 Å². The molecule has 0 bridgehead atoms. The molecular weight excluding hydrogens is 315 g/mol. The van der Waals surface area contributed by atoms with Crippen LogP contribution >= 0.6 is 15.9 Å². The number of rotatable bonds is 3. The summed E-state index contributed by atoms with van der Waals surface area (Å²) in [5, 5.41) is 0. The molecule has 110 valence electrons. The summed E-state index contributed by atoms with van der Waals surface area (Å²) < 4.78 is 13.8. The molecule has 1 aromatic carbocycles. The number of hydrogen-bond acceptors (Lipinski definition) is 0. The summed E-state index contributed by atoms with van der Waals surface area (Å²) in [6, 6.07) is 7.22. The first-order valence-corrected chi connectivity index (χ1v) is 9.03. The molecule has 3 rings (SSSR count). The first kappa shape index (κ1) is 14.6.